The molecule has 0 aromatic heterocycles. The van der Waals surface area contributed by atoms with Crippen LogP contribution in [0.3, 0.4) is 0 Å². The normalized spacial score (nSPS) is 17.9. The molecule has 0 amide bonds. The summed E-state index contributed by atoms with van der Waals surface area (Å²) in [6.07, 6.45) is -14.3. The first-order valence-corrected chi connectivity index (χ1v) is 13.6. The molecule has 0 bridgehead atoms. The van der Waals surface area contributed by atoms with Gasteiger partial charge in [0.05, 0.1) is 25.4 Å². The quantitative estimate of drug-likeness (QED) is 0.0749. The minimum atomic E-state index is -1.87. The SMILES string of the molecule is CC(C)C(=O)SCc1cccc(OCCN(CC(O)C(O)C(O)C(O)CO)CC(O)C(O)C(O)C(O)CO)c1.Cl. The summed E-state index contributed by atoms with van der Waals surface area (Å²) in [5.74, 6) is 0.844. The van der Waals surface area contributed by atoms with E-state index >= 15 is 0 Å². The third kappa shape index (κ3) is 13.2. The molecule has 0 saturated heterocycles. The summed E-state index contributed by atoms with van der Waals surface area (Å²) < 4.78 is 5.75. The summed E-state index contributed by atoms with van der Waals surface area (Å²) in [7, 11) is 0. The van der Waals surface area contributed by atoms with Crippen molar-refractivity contribution in [2.24, 2.45) is 5.92 Å². The maximum absolute atomic E-state index is 11.9. The van der Waals surface area contributed by atoms with Crippen LogP contribution >= 0.6 is 24.2 Å². The molecule has 0 aliphatic rings. The molecule has 0 spiro atoms. The molecule has 0 heterocycles. The number of hydrogen-bond acceptors (Lipinski definition) is 14. The van der Waals surface area contributed by atoms with Gasteiger partial charge in [0.25, 0.3) is 0 Å². The van der Waals surface area contributed by atoms with E-state index in [2.05, 4.69) is 0 Å². The standard InChI is InChI=1S/C25H43NO12S.ClH/c1-14(2)25(37)39-13-15-4-3-5-16(8-15)38-7-6-26(9-17(29)21(33)23(35)19(31)11-27)10-18(30)22(34)24(36)20(32)12-28;/h3-5,8,14,17-24,27-36H,6-7,9-13H2,1-2H3;1H. The van der Waals surface area contributed by atoms with Crippen molar-refractivity contribution < 1.29 is 60.6 Å². The molecule has 8 unspecified atom stereocenters. The summed E-state index contributed by atoms with van der Waals surface area (Å²) in [4.78, 5) is 13.2. The Kier molecular flexibility index (Phi) is 19.4. The lowest BCUT2D eigenvalue weighted by Crippen LogP contribution is -2.53. The van der Waals surface area contributed by atoms with Gasteiger partial charge in [0.1, 0.15) is 49.0 Å². The number of nitrogens with zero attached hydrogens (tertiary/aromatic N) is 1. The van der Waals surface area contributed by atoms with Crippen molar-refractivity contribution in [2.45, 2.75) is 68.4 Å². The van der Waals surface area contributed by atoms with Crippen LogP contribution in [0.4, 0.5) is 0 Å². The summed E-state index contributed by atoms with van der Waals surface area (Å²) in [6, 6.07) is 7.04. The number of aliphatic hydroxyl groups excluding tert-OH is 10. The van der Waals surface area contributed by atoms with Gasteiger partial charge >= 0.3 is 0 Å². The molecule has 1 aromatic rings. The zero-order valence-corrected chi connectivity index (χ0v) is 24.1. The molecule has 0 aliphatic heterocycles. The summed E-state index contributed by atoms with van der Waals surface area (Å²) in [5.41, 5.74) is 0.855. The molecular weight excluding hydrogens is 574 g/mol. The van der Waals surface area contributed by atoms with Crippen LogP contribution in [0, 0.1) is 5.92 Å². The van der Waals surface area contributed by atoms with Gasteiger partial charge < -0.3 is 55.8 Å². The molecule has 1 aromatic carbocycles. The van der Waals surface area contributed by atoms with Gasteiger partial charge in [-0.3, -0.25) is 9.69 Å². The Morgan fingerprint density at radius 1 is 0.825 bits per heavy atom. The molecule has 0 saturated carbocycles. The molecule has 0 fully saturated rings. The van der Waals surface area contributed by atoms with Crippen molar-refractivity contribution in [1.82, 2.24) is 4.90 Å². The third-order valence-corrected chi connectivity index (χ3v) is 7.20. The van der Waals surface area contributed by atoms with E-state index in [9.17, 15) is 45.6 Å². The Balaban J connectivity index is 0.0000152. The number of carbonyl (C=O) groups is 1. The highest BCUT2D eigenvalue weighted by Crippen LogP contribution is 2.21. The van der Waals surface area contributed by atoms with Gasteiger partial charge in [-0.05, 0) is 17.7 Å². The molecule has 10 N–H and O–H groups in total. The van der Waals surface area contributed by atoms with Crippen LogP contribution < -0.4 is 4.74 Å². The fraction of sp³-hybridized carbons (Fsp3) is 0.720. The first-order chi connectivity index (χ1) is 18.3. The van der Waals surface area contributed by atoms with Gasteiger partial charge in [-0.25, -0.2) is 0 Å². The average Bonchev–Trinajstić information content (AvgIpc) is 2.93. The highest BCUT2D eigenvalue weighted by Gasteiger charge is 2.34. The second-order valence-corrected chi connectivity index (χ2v) is 10.6. The minimum Gasteiger partial charge on any atom is -0.492 e. The summed E-state index contributed by atoms with van der Waals surface area (Å²) >= 11 is 1.19. The van der Waals surface area contributed by atoms with Crippen molar-refractivity contribution in [3.8, 4) is 5.75 Å². The van der Waals surface area contributed by atoms with Gasteiger partial charge in [-0.2, -0.15) is 0 Å². The average molecular weight is 618 g/mol. The Morgan fingerprint density at radius 2 is 1.30 bits per heavy atom. The number of hydrogen-bond donors (Lipinski definition) is 10. The summed E-state index contributed by atoms with van der Waals surface area (Å²) in [6.45, 7) is 1.14. The first kappa shape index (κ1) is 38.9. The number of halogens is 1. The number of thioether (sulfide) groups is 1. The van der Waals surface area contributed by atoms with E-state index in [0.717, 1.165) is 5.56 Å². The Morgan fingerprint density at radius 3 is 1.75 bits per heavy atom. The zero-order valence-electron chi connectivity index (χ0n) is 22.5. The van der Waals surface area contributed by atoms with Crippen LogP contribution in [0.5, 0.6) is 5.75 Å². The van der Waals surface area contributed by atoms with Crippen LogP contribution in [0.25, 0.3) is 0 Å². The number of ether oxygens (including phenoxy) is 1. The monoisotopic (exact) mass is 617 g/mol. The van der Waals surface area contributed by atoms with Gasteiger partial charge in [0.2, 0.25) is 0 Å². The van der Waals surface area contributed by atoms with Crippen molar-refractivity contribution in [3.05, 3.63) is 29.8 Å². The lowest BCUT2D eigenvalue weighted by Gasteiger charge is -2.33. The molecule has 13 nitrogen and oxygen atoms in total. The van der Waals surface area contributed by atoms with Gasteiger partial charge in [-0.1, -0.05) is 37.7 Å². The molecule has 40 heavy (non-hydrogen) atoms. The fourth-order valence-electron chi connectivity index (χ4n) is 3.47. The molecular formula is C25H44ClNO12S. The highest BCUT2D eigenvalue weighted by atomic mass is 35.5. The van der Waals surface area contributed by atoms with Crippen LogP contribution in [0.2, 0.25) is 0 Å². The van der Waals surface area contributed by atoms with Gasteiger partial charge in [-0.15, -0.1) is 12.4 Å². The van der Waals surface area contributed by atoms with E-state index in [4.69, 9.17) is 14.9 Å². The van der Waals surface area contributed by atoms with Crippen LogP contribution in [0.15, 0.2) is 24.3 Å². The Hall–Kier alpha value is -1.11. The maximum Gasteiger partial charge on any atom is 0.191 e. The lowest BCUT2D eigenvalue weighted by molar-refractivity contribution is -0.130. The van der Waals surface area contributed by atoms with Crippen molar-refractivity contribution in [3.63, 3.8) is 0 Å². The second kappa shape index (κ2) is 19.9. The van der Waals surface area contributed by atoms with E-state index in [1.165, 1.54) is 16.7 Å². The largest absolute Gasteiger partial charge is 0.492 e. The highest BCUT2D eigenvalue weighted by molar-refractivity contribution is 8.13. The minimum absolute atomic E-state index is 0. The Labute approximate surface area is 244 Å². The molecule has 1 rings (SSSR count). The second-order valence-electron chi connectivity index (χ2n) is 9.61. The van der Waals surface area contributed by atoms with Gasteiger partial charge in [0, 0.05) is 31.3 Å². The van der Waals surface area contributed by atoms with E-state index in [1.807, 2.05) is 19.9 Å². The molecule has 234 valence electrons. The van der Waals surface area contributed by atoms with E-state index < -0.39 is 75.1 Å². The smallest absolute Gasteiger partial charge is 0.191 e. The maximum atomic E-state index is 11.9. The zero-order chi connectivity index (χ0) is 29.7. The molecule has 0 radical (unpaired) electrons. The van der Waals surface area contributed by atoms with Crippen molar-refractivity contribution in [2.75, 3.05) is 39.5 Å². The lowest BCUT2D eigenvalue weighted by atomic mass is 10.0. The fourth-order valence-corrected chi connectivity index (χ4v) is 4.29. The first-order valence-electron chi connectivity index (χ1n) is 12.6. The third-order valence-electron chi connectivity index (χ3n) is 5.97. The van der Waals surface area contributed by atoms with Crippen molar-refractivity contribution >= 4 is 29.3 Å². The molecule has 15 heteroatoms. The number of benzene rings is 1. The van der Waals surface area contributed by atoms with Crippen LogP contribution in [-0.4, -0.2) is 149 Å². The topological polar surface area (TPSA) is 232 Å². The van der Waals surface area contributed by atoms with Gasteiger partial charge in [0.15, 0.2) is 5.12 Å². The van der Waals surface area contributed by atoms with Crippen LogP contribution in [-0.2, 0) is 10.5 Å². The van der Waals surface area contributed by atoms with E-state index in [-0.39, 0.29) is 36.6 Å². The number of aliphatic hydroxyl groups is 10. The van der Waals surface area contributed by atoms with E-state index in [1.54, 1.807) is 18.2 Å². The summed E-state index contributed by atoms with van der Waals surface area (Å²) in [5, 5.41) is 98.0. The molecule has 8 atom stereocenters. The number of carbonyl (C=O) groups excluding carboxylic acids is 1. The predicted molar refractivity (Wildman–Crippen MR) is 149 cm³/mol. The van der Waals surface area contributed by atoms with E-state index in [0.29, 0.717) is 11.5 Å². The van der Waals surface area contributed by atoms with Crippen molar-refractivity contribution in [1.29, 1.82) is 0 Å². The number of rotatable bonds is 19. The van der Waals surface area contributed by atoms with Crippen LogP contribution in [0.1, 0.15) is 19.4 Å². The Bertz CT molecular complexity index is 811. The molecule has 0 aliphatic carbocycles. The predicted octanol–water partition coefficient (Wildman–Crippen LogP) is -2.92.